The van der Waals surface area contributed by atoms with Crippen LogP contribution in [-0.2, 0) is 9.53 Å². The van der Waals surface area contributed by atoms with Crippen LogP contribution in [-0.4, -0.2) is 43.4 Å². The van der Waals surface area contributed by atoms with E-state index in [2.05, 4.69) is 5.32 Å². The molecule has 0 heterocycles. The number of nitrogens with zero attached hydrogens (tertiary/aromatic N) is 1. The average molecular weight is 366 g/mol. The number of nitrogens with one attached hydrogen (secondary N) is 1. The Kier molecular flexibility index (Phi) is 6.88. The van der Waals surface area contributed by atoms with Crippen LogP contribution >= 0.6 is 0 Å². The van der Waals surface area contributed by atoms with Gasteiger partial charge in [0.15, 0.2) is 0 Å². The number of benzene rings is 2. The molecular formula is C21H22N2O4. The molecule has 0 aliphatic heterocycles. The van der Waals surface area contributed by atoms with E-state index in [1.54, 1.807) is 75.6 Å². The first-order chi connectivity index (χ1) is 12.9. The number of anilines is 1. The number of ether oxygens (including phenoxy) is 1. The van der Waals surface area contributed by atoms with Crippen LogP contribution in [0.3, 0.4) is 0 Å². The van der Waals surface area contributed by atoms with E-state index < -0.39 is 5.97 Å². The lowest BCUT2D eigenvalue weighted by Crippen LogP contribution is -2.21. The first-order valence-corrected chi connectivity index (χ1v) is 8.49. The van der Waals surface area contributed by atoms with E-state index in [0.29, 0.717) is 16.8 Å². The standard InChI is InChI=1S/C21H22N2O4/c1-4-27-21(26)17-7-5-6-8-18(17)22-19(24)14-11-15-9-12-16(13-10-15)20(25)23(2)3/h5-14H,4H2,1-3H3,(H,22,24)/b14-11+. The van der Waals surface area contributed by atoms with Crippen molar-refractivity contribution in [2.24, 2.45) is 0 Å². The minimum atomic E-state index is -0.487. The van der Waals surface area contributed by atoms with E-state index in [-0.39, 0.29) is 18.4 Å². The minimum Gasteiger partial charge on any atom is -0.462 e. The van der Waals surface area contributed by atoms with Gasteiger partial charge in [-0.15, -0.1) is 0 Å². The summed E-state index contributed by atoms with van der Waals surface area (Å²) in [6.07, 6.45) is 3.00. The number of hydrogen-bond acceptors (Lipinski definition) is 4. The predicted molar refractivity (Wildman–Crippen MR) is 105 cm³/mol. The maximum atomic E-state index is 12.2. The molecule has 2 amide bonds. The van der Waals surface area contributed by atoms with Crippen molar-refractivity contribution < 1.29 is 19.1 Å². The van der Waals surface area contributed by atoms with Gasteiger partial charge in [0.25, 0.3) is 5.91 Å². The monoisotopic (exact) mass is 366 g/mol. The molecule has 0 aromatic heterocycles. The minimum absolute atomic E-state index is 0.0844. The molecule has 1 N–H and O–H groups in total. The van der Waals surface area contributed by atoms with E-state index >= 15 is 0 Å². The Hall–Kier alpha value is -3.41. The summed E-state index contributed by atoms with van der Waals surface area (Å²) in [6.45, 7) is 1.98. The zero-order valence-electron chi connectivity index (χ0n) is 15.6. The van der Waals surface area contributed by atoms with Gasteiger partial charge in [-0.05, 0) is 42.8 Å². The molecule has 6 heteroatoms. The molecule has 27 heavy (non-hydrogen) atoms. The van der Waals surface area contributed by atoms with Crippen LogP contribution in [0.15, 0.2) is 54.6 Å². The third-order valence-electron chi connectivity index (χ3n) is 3.67. The Morgan fingerprint density at radius 3 is 2.33 bits per heavy atom. The molecule has 2 aromatic carbocycles. The lowest BCUT2D eigenvalue weighted by atomic mass is 10.1. The van der Waals surface area contributed by atoms with Crippen molar-refractivity contribution in [2.75, 3.05) is 26.0 Å². The smallest absolute Gasteiger partial charge is 0.340 e. The average Bonchev–Trinajstić information content (AvgIpc) is 2.66. The van der Waals surface area contributed by atoms with Gasteiger partial charge in [0.1, 0.15) is 0 Å². The number of amides is 2. The van der Waals surface area contributed by atoms with Crippen LogP contribution in [0.1, 0.15) is 33.2 Å². The highest BCUT2D eigenvalue weighted by molar-refractivity contribution is 6.06. The highest BCUT2D eigenvalue weighted by Crippen LogP contribution is 2.16. The van der Waals surface area contributed by atoms with Crippen LogP contribution in [0.25, 0.3) is 6.08 Å². The topological polar surface area (TPSA) is 75.7 Å². The summed E-state index contributed by atoms with van der Waals surface area (Å²) in [5.74, 6) is -0.947. The van der Waals surface area contributed by atoms with E-state index in [0.717, 1.165) is 5.56 Å². The van der Waals surface area contributed by atoms with Crippen molar-refractivity contribution in [2.45, 2.75) is 6.92 Å². The number of rotatable bonds is 6. The lowest BCUT2D eigenvalue weighted by molar-refractivity contribution is -0.111. The molecule has 6 nitrogen and oxygen atoms in total. The van der Waals surface area contributed by atoms with Gasteiger partial charge in [0.2, 0.25) is 5.91 Å². The SMILES string of the molecule is CCOC(=O)c1ccccc1NC(=O)/C=C/c1ccc(C(=O)N(C)C)cc1. The fourth-order valence-corrected chi connectivity index (χ4v) is 2.32. The van der Waals surface area contributed by atoms with Crippen LogP contribution in [0.2, 0.25) is 0 Å². The number of para-hydroxylation sites is 1. The van der Waals surface area contributed by atoms with E-state index in [1.807, 2.05) is 0 Å². The highest BCUT2D eigenvalue weighted by Gasteiger charge is 2.13. The van der Waals surface area contributed by atoms with Crippen LogP contribution < -0.4 is 5.32 Å². The summed E-state index contributed by atoms with van der Waals surface area (Å²) in [7, 11) is 3.38. The number of carbonyl (C=O) groups is 3. The molecule has 0 radical (unpaired) electrons. The van der Waals surface area contributed by atoms with Crippen molar-refractivity contribution in [3.63, 3.8) is 0 Å². The molecule has 0 saturated carbocycles. The van der Waals surface area contributed by atoms with Gasteiger partial charge in [-0.25, -0.2) is 4.79 Å². The maximum Gasteiger partial charge on any atom is 0.340 e. The van der Waals surface area contributed by atoms with Gasteiger partial charge in [-0.3, -0.25) is 9.59 Å². The molecule has 140 valence electrons. The zero-order valence-corrected chi connectivity index (χ0v) is 15.6. The quantitative estimate of drug-likeness (QED) is 0.629. The van der Waals surface area contributed by atoms with Crippen molar-refractivity contribution in [1.29, 1.82) is 0 Å². The van der Waals surface area contributed by atoms with Gasteiger partial charge in [0, 0.05) is 25.7 Å². The third kappa shape index (κ3) is 5.54. The van der Waals surface area contributed by atoms with E-state index in [1.165, 1.54) is 11.0 Å². The fourth-order valence-electron chi connectivity index (χ4n) is 2.32. The van der Waals surface area contributed by atoms with Gasteiger partial charge >= 0.3 is 5.97 Å². The zero-order chi connectivity index (χ0) is 19.8. The molecule has 0 saturated heterocycles. The summed E-state index contributed by atoms with van der Waals surface area (Å²) < 4.78 is 4.99. The normalized spacial score (nSPS) is 10.5. The number of esters is 1. The number of hydrogen-bond donors (Lipinski definition) is 1. The largest absolute Gasteiger partial charge is 0.462 e. The molecule has 0 atom stereocenters. The summed E-state index contributed by atoms with van der Waals surface area (Å²) in [6, 6.07) is 13.6. The second kappa shape index (κ2) is 9.33. The first-order valence-electron chi connectivity index (χ1n) is 8.49. The fraction of sp³-hybridized carbons (Fsp3) is 0.190. The summed E-state index contributed by atoms with van der Waals surface area (Å²) in [5.41, 5.74) is 2.04. The van der Waals surface area contributed by atoms with Gasteiger partial charge < -0.3 is 15.0 Å². The van der Waals surface area contributed by atoms with E-state index in [4.69, 9.17) is 4.74 Å². The molecule has 0 aliphatic rings. The highest BCUT2D eigenvalue weighted by atomic mass is 16.5. The molecule has 0 aliphatic carbocycles. The van der Waals surface area contributed by atoms with Crippen molar-refractivity contribution >= 4 is 29.5 Å². The molecule has 2 rings (SSSR count). The molecular weight excluding hydrogens is 344 g/mol. The van der Waals surface area contributed by atoms with E-state index in [9.17, 15) is 14.4 Å². The summed E-state index contributed by atoms with van der Waals surface area (Å²) in [4.78, 5) is 37.5. The van der Waals surface area contributed by atoms with Gasteiger partial charge in [0.05, 0.1) is 17.9 Å². The Bertz CT molecular complexity index is 855. The Balaban J connectivity index is 2.06. The Morgan fingerprint density at radius 1 is 1.04 bits per heavy atom. The van der Waals surface area contributed by atoms with Crippen molar-refractivity contribution in [1.82, 2.24) is 4.90 Å². The second-order valence-electron chi connectivity index (χ2n) is 5.91. The molecule has 2 aromatic rings. The molecule has 0 fully saturated rings. The summed E-state index contributed by atoms with van der Waals surface area (Å²) >= 11 is 0. The summed E-state index contributed by atoms with van der Waals surface area (Å²) in [5, 5.41) is 2.68. The van der Waals surface area contributed by atoms with Gasteiger partial charge in [-0.1, -0.05) is 24.3 Å². The van der Waals surface area contributed by atoms with Crippen LogP contribution in [0.5, 0.6) is 0 Å². The molecule has 0 unspecified atom stereocenters. The van der Waals surface area contributed by atoms with Crippen LogP contribution in [0, 0.1) is 0 Å². The van der Waals surface area contributed by atoms with Gasteiger partial charge in [-0.2, -0.15) is 0 Å². The molecule has 0 spiro atoms. The Labute approximate surface area is 158 Å². The van der Waals surface area contributed by atoms with Crippen LogP contribution in [0.4, 0.5) is 5.69 Å². The molecule has 0 bridgehead atoms. The van der Waals surface area contributed by atoms with Crippen molar-refractivity contribution in [3.05, 3.63) is 71.3 Å². The van der Waals surface area contributed by atoms with Crippen molar-refractivity contribution in [3.8, 4) is 0 Å². The first kappa shape index (κ1) is 19.9. The second-order valence-corrected chi connectivity index (χ2v) is 5.91. The maximum absolute atomic E-state index is 12.2. The number of carbonyl (C=O) groups excluding carboxylic acids is 3. The third-order valence-corrected chi connectivity index (χ3v) is 3.67. The lowest BCUT2D eigenvalue weighted by Gasteiger charge is -2.10. The Morgan fingerprint density at radius 2 is 1.70 bits per heavy atom. The predicted octanol–water partition coefficient (Wildman–Crippen LogP) is 3.22.